The van der Waals surface area contributed by atoms with Crippen molar-refractivity contribution in [1.82, 2.24) is 9.78 Å². The van der Waals surface area contributed by atoms with Gasteiger partial charge < -0.3 is 0 Å². The molecule has 0 bridgehead atoms. The van der Waals surface area contributed by atoms with Gasteiger partial charge >= 0.3 is 0 Å². The predicted molar refractivity (Wildman–Crippen MR) is 83.8 cm³/mol. The third kappa shape index (κ3) is 2.43. The van der Waals surface area contributed by atoms with Crippen molar-refractivity contribution in [2.75, 3.05) is 0 Å². The second-order valence-corrected chi connectivity index (χ2v) is 6.06. The largest absolute Gasteiger partial charge is 0.294 e. The molecule has 3 rings (SSSR count). The standard InChI is InChI=1S/C18H19N3O/c1-12(2)18-17-15(8-5-9-16(17)22)21(20-18)11-14-7-4-3-6-13(14)10-19/h3-4,6-7,12H,5,8-9,11H2,1-2H3. The maximum Gasteiger partial charge on any atom is 0.166 e. The molecule has 1 aromatic heterocycles. The Labute approximate surface area is 130 Å². The third-order valence-corrected chi connectivity index (χ3v) is 4.19. The number of carbonyl (C=O) groups excluding carboxylic acids is 1. The minimum Gasteiger partial charge on any atom is -0.294 e. The van der Waals surface area contributed by atoms with Crippen molar-refractivity contribution >= 4 is 5.78 Å². The summed E-state index contributed by atoms with van der Waals surface area (Å²) >= 11 is 0. The molecule has 0 atom stereocenters. The fourth-order valence-electron chi connectivity index (χ4n) is 3.08. The van der Waals surface area contributed by atoms with Crippen LogP contribution in [0.25, 0.3) is 0 Å². The molecule has 0 spiro atoms. The summed E-state index contributed by atoms with van der Waals surface area (Å²) in [4.78, 5) is 12.3. The highest BCUT2D eigenvalue weighted by Crippen LogP contribution is 2.29. The summed E-state index contributed by atoms with van der Waals surface area (Å²) in [6, 6.07) is 9.79. The van der Waals surface area contributed by atoms with Crippen molar-refractivity contribution in [3.63, 3.8) is 0 Å². The molecular weight excluding hydrogens is 274 g/mol. The van der Waals surface area contributed by atoms with Crippen molar-refractivity contribution in [2.45, 2.75) is 45.6 Å². The van der Waals surface area contributed by atoms with E-state index in [1.165, 1.54) is 0 Å². The van der Waals surface area contributed by atoms with E-state index in [1.54, 1.807) is 0 Å². The lowest BCUT2D eigenvalue weighted by atomic mass is 9.91. The number of nitrogens with zero attached hydrogens (tertiary/aromatic N) is 3. The van der Waals surface area contributed by atoms with Crippen LogP contribution in [0.5, 0.6) is 0 Å². The zero-order chi connectivity index (χ0) is 15.7. The van der Waals surface area contributed by atoms with Gasteiger partial charge in [-0.3, -0.25) is 9.48 Å². The average molecular weight is 293 g/mol. The topological polar surface area (TPSA) is 58.7 Å². The molecule has 2 aromatic rings. The molecule has 22 heavy (non-hydrogen) atoms. The summed E-state index contributed by atoms with van der Waals surface area (Å²) in [7, 11) is 0. The van der Waals surface area contributed by atoms with Gasteiger partial charge in [-0.05, 0) is 30.4 Å². The first-order valence-corrected chi connectivity index (χ1v) is 7.72. The minimum atomic E-state index is 0.213. The molecule has 0 fully saturated rings. The molecule has 1 aliphatic rings. The number of Topliss-reactive ketones (excluding diaryl/α,β-unsaturated/α-hetero) is 1. The maximum absolute atomic E-state index is 12.3. The monoisotopic (exact) mass is 293 g/mol. The molecule has 4 nitrogen and oxygen atoms in total. The zero-order valence-electron chi connectivity index (χ0n) is 13.0. The second kappa shape index (κ2) is 5.76. The molecule has 1 heterocycles. The van der Waals surface area contributed by atoms with E-state index >= 15 is 0 Å². The van der Waals surface area contributed by atoms with Gasteiger partial charge in [0.1, 0.15) is 0 Å². The van der Waals surface area contributed by atoms with E-state index in [2.05, 4.69) is 19.9 Å². The summed E-state index contributed by atoms with van der Waals surface area (Å²) in [5, 5.41) is 13.9. The molecule has 0 saturated heterocycles. The third-order valence-electron chi connectivity index (χ3n) is 4.19. The molecule has 112 valence electrons. The molecule has 0 amide bonds. The van der Waals surface area contributed by atoms with Crippen molar-refractivity contribution in [3.8, 4) is 6.07 Å². The first-order valence-electron chi connectivity index (χ1n) is 7.72. The van der Waals surface area contributed by atoms with Gasteiger partial charge in [-0.1, -0.05) is 32.0 Å². The second-order valence-electron chi connectivity index (χ2n) is 6.06. The van der Waals surface area contributed by atoms with Crippen LogP contribution in [0.1, 0.15) is 65.5 Å². The average Bonchev–Trinajstić information content (AvgIpc) is 2.88. The highest BCUT2D eigenvalue weighted by Gasteiger charge is 2.28. The van der Waals surface area contributed by atoms with Gasteiger partial charge in [0.05, 0.1) is 29.4 Å². The molecule has 4 heteroatoms. The number of hydrogen-bond acceptors (Lipinski definition) is 3. The van der Waals surface area contributed by atoms with Crippen LogP contribution in [0.2, 0.25) is 0 Å². The van der Waals surface area contributed by atoms with Crippen molar-refractivity contribution in [3.05, 3.63) is 52.3 Å². The van der Waals surface area contributed by atoms with Crippen LogP contribution in [0.3, 0.4) is 0 Å². The van der Waals surface area contributed by atoms with Gasteiger partial charge in [-0.15, -0.1) is 0 Å². The lowest BCUT2D eigenvalue weighted by Crippen LogP contribution is -2.15. The Bertz CT molecular complexity index is 765. The number of ketones is 1. The van der Waals surface area contributed by atoms with Crippen LogP contribution < -0.4 is 0 Å². The van der Waals surface area contributed by atoms with E-state index in [4.69, 9.17) is 5.10 Å². The molecule has 1 aromatic carbocycles. The van der Waals surface area contributed by atoms with Crippen LogP contribution in [0.4, 0.5) is 0 Å². The quantitative estimate of drug-likeness (QED) is 0.871. The van der Waals surface area contributed by atoms with Crippen LogP contribution in [0.15, 0.2) is 24.3 Å². The smallest absolute Gasteiger partial charge is 0.166 e. The molecule has 0 unspecified atom stereocenters. The fourth-order valence-corrected chi connectivity index (χ4v) is 3.08. The van der Waals surface area contributed by atoms with Gasteiger partial charge in [0.15, 0.2) is 5.78 Å². The molecule has 1 aliphatic carbocycles. The van der Waals surface area contributed by atoms with Crippen LogP contribution in [-0.4, -0.2) is 15.6 Å². The number of hydrogen-bond donors (Lipinski definition) is 0. The summed E-state index contributed by atoms with van der Waals surface area (Å²) in [5.74, 6) is 0.438. The van der Waals surface area contributed by atoms with Gasteiger partial charge in [0, 0.05) is 12.1 Å². The number of aromatic nitrogens is 2. The van der Waals surface area contributed by atoms with E-state index in [0.29, 0.717) is 18.5 Å². The van der Waals surface area contributed by atoms with Crippen LogP contribution in [-0.2, 0) is 13.0 Å². The van der Waals surface area contributed by atoms with Crippen LogP contribution in [0, 0.1) is 11.3 Å². The summed E-state index contributed by atoms with van der Waals surface area (Å²) < 4.78 is 1.93. The molecule has 0 N–H and O–H groups in total. The Balaban J connectivity index is 2.07. The van der Waals surface area contributed by atoms with Gasteiger partial charge in [-0.25, -0.2) is 0 Å². The van der Waals surface area contributed by atoms with Crippen molar-refractivity contribution < 1.29 is 4.79 Å². The maximum atomic E-state index is 12.3. The lowest BCUT2D eigenvalue weighted by Gasteiger charge is -2.14. The normalized spacial score (nSPS) is 14.0. The van der Waals surface area contributed by atoms with Crippen LogP contribution >= 0.6 is 0 Å². The Morgan fingerprint density at radius 3 is 2.82 bits per heavy atom. The molecule has 0 aliphatic heterocycles. The van der Waals surface area contributed by atoms with Gasteiger partial charge in [-0.2, -0.15) is 10.4 Å². The summed E-state index contributed by atoms with van der Waals surface area (Å²) in [6.45, 7) is 4.68. The number of benzene rings is 1. The molecule has 0 saturated carbocycles. The number of rotatable bonds is 3. The Hall–Kier alpha value is -2.41. The van der Waals surface area contributed by atoms with E-state index in [0.717, 1.165) is 35.4 Å². The summed E-state index contributed by atoms with van der Waals surface area (Å²) in [5.41, 5.74) is 4.38. The Morgan fingerprint density at radius 1 is 1.32 bits per heavy atom. The van der Waals surface area contributed by atoms with Gasteiger partial charge in [0.25, 0.3) is 0 Å². The van der Waals surface area contributed by atoms with Gasteiger partial charge in [0.2, 0.25) is 0 Å². The summed E-state index contributed by atoms with van der Waals surface area (Å²) in [6.07, 6.45) is 2.39. The van der Waals surface area contributed by atoms with E-state index in [-0.39, 0.29) is 11.7 Å². The predicted octanol–water partition coefficient (Wildman–Crippen LogP) is 3.45. The number of carbonyl (C=O) groups is 1. The number of nitriles is 1. The van der Waals surface area contributed by atoms with Crippen molar-refractivity contribution in [1.29, 1.82) is 5.26 Å². The number of fused-ring (bicyclic) bond motifs is 1. The highest BCUT2D eigenvalue weighted by atomic mass is 16.1. The minimum absolute atomic E-state index is 0.213. The van der Waals surface area contributed by atoms with Crippen molar-refractivity contribution in [2.24, 2.45) is 0 Å². The van der Waals surface area contributed by atoms with E-state index in [9.17, 15) is 10.1 Å². The first kappa shape index (κ1) is 14.5. The highest BCUT2D eigenvalue weighted by molar-refractivity contribution is 5.99. The molecule has 0 radical (unpaired) electrons. The Kier molecular flexibility index (Phi) is 3.81. The fraction of sp³-hybridized carbons (Fsp3) is 0.389. The SMILES string of the molecule is CC(C)c1nn(Cc2ccccc2C#N)c2c1C(=O)CCC2. The Morgan fingerprint density at radius 2 is 2.09 bits per heavy atom. The first-order chi connectivity index (χ1) is 10.6. The van der Waals surface area contributed by atoms with E-state index < -0.39 is 0 Å². The molecular formula is C18H19N3O. The lowest BCUT2D eigenvalue weighted by molar-refractivity contribution is 0.0970. The van der Waals surface area contributed by atoms with E-state index in [1.807, 2.05) is 28.9 Å². The zero-order valence-corrected chi connectivity index (χ0v) is 13.0.